The first-order chi connectivity index (χ1) is 9.15. The first-order valence-corrected chi connectivity index (χ1v) is 6.48. The van der Waals surface area contributed by atoms with Crippen LogP contribution in [0.4, 0.5) is 4.79 Å². The van der Waals surface area contributed by atoms with Crippen molar-refractivity contribution in [3.63, 3.8) is 0 Å². The number of amides is 2. The number of likely N-dealkylation sites (tertiary alicyclic amines) is 1. The highest BCUT2D eigenvalue weighted by atomic mass is 16.4. The minimum absolute atomic E-state index is 0.0417. The second kappa shape index (κ2) is 4.57. The van der Waals surface area contributed by atoms with Crippen molar-refractivity contribution in [1.29, 1.82) is 0 Å². The standard InChI is InChI=1S/C14H16N2O3/c17-13(18)12-5-6-15(9-12)14(19)16-7-10-3-1-2-4-11(10)8-16/h1-4,12H,5-9H2,(H,17,18). The molecule has 1 atom stereocenters. The van der Waals surface area contributed by atoms with Crippen LogP contribution in [0.25, 0.3) is 0 Å². The molecule has 1 unspecified atom stereocenters. The van der Waals surface area contributed by atoms with Crippen molar-refractivity contribution in [1.82, 2.24) is 9.80 Å². The maximum atomic E-state index is 12.3. The third-order valence-electron chi connectivity index (χ3n) is 3.92. The predicted octanol–water partition coefficient (Wildman–Crippen LogP) is 1.53. The van der Waals surface area contributed by atoms with E-state index < -0.39 is 11.9 Å². The Bertz CT molecular complexity index is 504. The Hall–Kier alpha value is -2.04. The number of hydrogen-bond donors (Lipinski definition) is 1. The SMILES string of the molecule is O=C(O)C1CCN(C(=O)N2Cc3ccccc3C2)C1. The fourth-order valence-corrected chi connectivity index (χ4v) is 2.80. The van der Waals surface area contributed by atoms with Crippen LogP contribution in [0, 0.1) is 5.92 Å². The molecule has 0 saturated carbocycles. The van der Waals surface area contributed by atoms with Gasteiger partial charge in [-0.1, -0.05) is 24.3 Å². The molecule has 2 aliphatic rings. The van der Waals surface area contributed by atoms with E-state index >= 15 is 0 Å². The molecular formula is C14H16N2O3. The summed E-state index contributed by atoms with van der Waals surface area (Å²) in [7, 11) is 0. The second-order valence-electron chi connectivity index (χ2n) is 5.18. The van der Waals surface area contributed by atoms with Crippen molar-refractivity contribution in [2.45, 2.75) is 19.5 Å². The monoisotopic (exact) mass is 260 g/mol. The fraction of sp³-hybridized carbons (Fsp3) is 0.429. The van der Waals surface area contributed by atoms with Gasteiger partial charge in [0.2, 0.25) is 0 Å². The van der Waals surface area contributed by atoms with E-state index in [-0.39, 0.29) is 6.03 Å². The topological polar surface area (TPSA) is 60.9 Å². The lowest BCUT2D eigenvalue weighted by Gasteiger charge is -2.23. The van der Waals surface area contributed by atoms with Crippen LogP contribution < -0.4 is 0 Å². The Labute approximate surface area is 111 Å². The summed E-state index contributed by atoms with van der Waals surface area (Å²) in [6, 6.07) is 7.98. The van der Waals surface area contributed by atoms with Gasteiger partial charge in [-0.25, -0.2) is 4.79 Å². The third kappa shape index (κ3) is 2.16. The molecular weight excluding hydrogens is 244 g/mol. The van der Waals surface area contributed by atoms with Gasteiger partial charge >= 0.3 is 12.0 Å². The van der Waals surface area contributed by atoms with E-state index in [1.54, 1.807) is 9.80 Å². The normalized spacial score (nSPS) is 21.6. The van der Waals surface area contributed by atoms with Gasteiger partial charge < -0.3 is 14.9 Å². The Kier molecular flexibility index (Phi) is 2.89. The molecule has 1 fully saturated rings. The molecule has 2 amide bonds. The minimum atomic E-state index is -0.806. The van der Waals surface area contributed by atoms with Gasteiger partial charge in [0.05, 0.1) is 5.92 Å². The first kappa shape index (κ1) is 12.0. The van der Waals surface area contributed by atoms with Crippen LogP contribution in [0.2, 0.25) is 0 Å². The summed E-state index contributed by atoms with van der Waals surface area (Å²) >= 11 is 0. The van der Waals surface area contributed by atoms with Crippen molar-refractivity contribution in [2.24, 2.45) is 5.92 Å². The highest BCUT2D eigenvalue weighted by Gasteiger charge is 2.34. The number of nitrogens with zero attached hydrogens (tertiary/aromatic N) is 2. The van der Waals surface area contributed by atoms with Gasteiger partial charge in [0.25, 0.3) is 0 Å². The van der Waals surface area contributed by atoms with Gasteiger partial charge in [-0.05, 0) is 17.5 Å². The Morgan fingerprint density at radius 1 is 1.11 bits per heavy atom. The molecule has 1 aromatic rings. The molecule has 1 aromatic carbocycles. The molecule has 0 bridgehead atoms. The third-order valence-corrected chi connectivity index (χ3v) is 3.92. The van der Waals surface area contributed by atoms with Crippen LogP contribution in [-0.2, 0) is 17.9 Å². The van der Waals surface area contributed by atoms with Crippen molar-refractivity contribution < 1.29 is 14.7 Å². The van der Waals surface area contributed by atoms with Crippen LogP contribution in [0.1, 0.15) is 17.5 Å². The molecule has 5 nitrogen and oxygen atoms in total. The first-order valence-electron chi connectivity index (χ1n) is 6.48. The Morgan fingerprint density at radius 2 is 1.74 bits per heavy atom. The number of carbonyl (C=O) groups excluding carboxylic acids is 1. The van der Waals surface area contributed by atoms with Gasteiger partial charge in [0.15, 0.2) is 0 Å². The molecule has 3 rings (SSSR count). The number of carboxylic acids is 1. The number of carboxylic acid groups (broad SMARTS) is 1. The predicted molar refractivity (Wildman–Crippen MR) is 68.4 cm³/mol. The van der Waals surface area contributed by atoms with Crippen molar-refractivity contribution in [2.75, 3.05) is 13.1 Å². The lowest BCUT2D eigenvalue weighted by Crippen LogP contribution is -2.39. The fourth-order valence-electron chi connectivity index (χ4n) is 2.80. The van der Waals surface area contributed by atoms with Crippen LogP contribution >= 0.6 is 0 Å². The smallest absolute Gasteiger partial charge is 0.320 e. The summed E-state index contributed by atoms with van der Waals surface area (Å²) in [6.45, 7) is 2.14. The van der Waals surface area contributed by atoms with E-state index in [9.17, 15) is 9.59 Å². The summed E-state index contributed by atoms with van der Waals surface area (Å²) < 4.78 is 0. The van der Waals surface area contributed by atoms with E-state index in [0.717, 1.165) is 0 Å². The van der Waals surface area contributed by atoms with Gasteiger partial charge in [-0.15, -0.1) is 0 Å². The average molecular weight is 260 g/mol. The van der Waals surface area contributed by atoms with Crippen LogP contribution in [-0.4, -0.2) is 40.0 Å². The minimum Gasteiger partial charge on any atom is -0.481 e. The largest absolute Gasteiger partial charge is 0.481 e. The zero-order chi connectivity index (χ0) is 13.4. The molecule has 1 saturated heterocycles. The number of aliphatic carboxylic acids is 1. The molecule has 0 aliphatic carbocycles. The summed E-state index contributed by atoms with van der Waals surface area (Å²) in [5.41, 5.74) is 2.37. The molecule has 1 N–H and O–H groups in total. The average Bonchev–Trinajstić information content (AvgIpc) is 3.04. The highest BCUT2D eigenvalue weighted by Crippen LogP contribution is 2.25. The summed E-state index contributed by atoms with van der Waals surface area (Å²) in [5, 5.41) is 8.97. The molecule has 100 valence electrons. The lowest BCUT2D eigenvalue weighted by molar-refractivity contribution is -0.141. The number of carbonyl (C=O) groups is 2. The zero-order valence-corrected chi connectivity index (χ0v) is 10.6. The van der Waals surface area contributed by atoms with Crippen molar-refractivity contribution >= 4 is 12.0 Å². The van der Waals surface area contributed by atoms with Crippen LogP contribution in [0.3, 0.4) is 0 Å². The van der Waals surface area contributed by atoms with Gasteiger partial charge in [0, 0.05) is 26.2 Å². The molecule has 0 spiro atoms. The number of benzene rings is 1. The second-order valence-corrected chi connectivity index (χ2v) is 5.18. The van der Waals surface area contributed by atoms with Crippen molar-refractivity contribution in [3.05, 3.63) is 35.4 Å². The van der Waals surface area contributed by atoms with Gasteiger partial charge in [0.1, 0.15) is 0 Å². The molecule has 2 heterocycles. The van der Waals surface area contributed by atoms with E-state index in [4.69, 9.17) is 5.11 Å². The maximum absolute atomic E-state index is 12.3. The van der Waals surface area contributed by atoms with E-state index in [2.05, 4.69) is 0 Å². The zero-order valence-electron chi connectivity index (χ0n) is 10.6. The van der Waals surface area contributed by atoms with Crippen LogP contribution in [0.15, 0.2) is 24.3 Å². The van der Waals surface area contributed by atoms with Crippen LogP contribution in [0.5, 0.6) is 0 Å². The molecule has 0 aromatic heterocycles. The molecule has 0 radical (unpaired) electrons. The summed E-state index contributed by atoms with van der Waals surface area (Å²) in [6.07, 6.45) is 0.557. The van der Waals surface area contributed by atoms with E-state index in [0.29, 0.717) is 32.6 Å². The molecule has 2 aliphatic heterocycles. The molecule has 19 heavy (non-hydrogen) atoms. The Balaban J connectivity index is 1.66. The summed E-state index contributed by atoms with van der Waals surface area (Å²) in [4.78, 5) is 26.7. The maximum Gasteiger partial charge on any atom is 0.320 e. The van der Waals surface area contributed by atoms with E-state index in [1.807, 2.05) is 24.3 Å². The number of hydrogen-bond acceptors (Lipinski definition) is 2. The number of urea groups is 1. The number of fused-ring (bicyclic) bond motifs is 1. The summed E-state index contributed by atoms with van der Waals surface area (Å²) in [5.74, 6) is -1.21. The highest BCUT2D eigenvalue weighted by molar-refractivity contribution is 5.78. The number of rotatable bonds is 1. The lowest BCUT2D eigenvalue weighted by atomic mass is 10.1. The quantitative estimate of drug-likeness (QED) is 0.833. The molecule has 5 heteroatoms. The Morgan fingerprint density at radius 3 is 2.26 bits per heavy atom. The van der Waals surface area contributed by atoms with E-state index in [1.165, 1.54) is 11.1 Å². The van der Waals surface area contributed by atoms with Gasteiger partial charge in [-0.3, -0.25) is 4.79 Å². The van der Waals surface area contributed by atoms with Crippen molar-refractivity contribution in [3.8, 4) is 0 Å². The van der Waals surface area contributed by atoms with Gasteiger partial charge in [-0.2, -0.15) is 0 Å².